The summed E-state index contributed by atoms with van der Waals surface area (Å²) in [5.41, 5.74) is 0.971. The summed E-state index contributed by atoms with van der Waals surface area (Å²) in [7, 11) is 0. The van der Waals surface area contributed by atoms with Crippen molar-refractivity contribution in [3.05, 3.63) is 65.1 Å². The first kappa shape index (κ1) is 16.1. The molecule has 7 heteroatoms. The lowest BCUT2D eigenvalue weighted by Gasteiger charge is -2.06. The van der Waals surface area contributed by atoms with Crippen LogP contribution in [0.5, 0.6) is 0 Å². The molecule has 2 nitrogen and oxygen atoms in total. The lowest BCUT2D eigenvalue weighted by molar-refractivity contribution is -0.137. The van der Waals surface area contributed by atoms with Crippen LogP contribution in [0.2, 0.25) is 0 Å². The third kappa shape index (κ3) is 4.17. The molecule has 0 aliphatic rings. The predicted octanol–water partition coefficient (Wildman–Crippen LogP) is 5.86. The Bertz CT molecular complexity index is 748. The fourth-order valence-corrected chi connectivity index (χ4v) is 3.71. The zero-order chi connectivity index (χ0) is 16.3. The molecule has 2 heterocycles. The van der Waals surface area contributed by atoms with E-state index in [-0.39, 0.29) is 0 Å². The van der Waals surface area contributed by atoms with E-state index in [9.17, 15) is 13.2 Å². The van der Waals surface area contributed by atoms with Crippen molar-refractivity contribution >= 4 is 23.1 Å². The Morgan fingerprint density at radius 3 is 2.52 bits per heavy atom. The van der Waals surface area contributed by atoms with Crippen LogP contribution in [0.15, 0.2) is 52.5 Å². The number of halogens is 3. The summed E-state index contributed by atoms with van der Waals surface area (Å²) in [5.74, 6) is 2.41. The second-order valence-electron chi connectivity index (χ2n) is 4.79. The molecule has 0 radical (unpaired) electrons. The van der Waals surface area contributed by atoms with Crippen LogP contribution in [-0.4, -0.2) is 4.98 Å². The van der Waals surface area contributed by atoms with E-state index in [1.807, 2.05) is 17.5 Å². The van der Waals surface area contributed by atoms with Crippen molar-refractivity contribution in [3.63, 3.8) is 0 Å². The van der Waals surface area contributed by atoms with Crippen LogP contribution in [0.25, 0.3) is 10.6 Å². The third-order valence-corrected chi connectivity index (χ3v) is 5.01. The van der Waals surface area contributed by atoms with Crippen LogP contribution in [0.3, 0.4) is 0 Å². The maximum atomic E-state index is 12.6. The average Bonchev–Trinajstić information content (AvgIpc) is 3.18. The molecule has 0 unspecified atom stereocenters. The zero-order valence-electron chi connectivity index (χ0n) is 11.8. The Morgan fingerprint density at radius 1 is 1.09 bits per heavy atom. The van der Waals surface area contributed by atoms with E-state index in [1.54, 1.807) is 18.0 Å². The van der Waals surface area contributed by atoms with Crippen molar-refractivity contribution in [1.82, 2.24) is 4.98 Å². The maximum Gasteiger partial charge on any atom is 0.416 e. The highest BCUT2D eigenvalue weighted by Gasteiger charge is 2.30. The molecule has 23 heavy (non-hydrogen) atoms. The van der Waals surface area contributed by atoms with E-state index in [0.29, 0.717) is 5.56 Å². The quantitative estimate of drug-likeness (QED) is 0.574. The maximum absolute atomic E-state index is 12.6. The molecule has 0 fully saturated rings. The Balaban J connectivity index is 1.62. The largest absolute Gasteiger partial charge is 0.468 e. The van der Waals surface area contributed by atoms with E-state index < -0.39 is 11.7 Å². The van der Waals surface area contributed by atoms with Gasteiger partial charge >= 0.3 is 6.18 Å². The number of thioether (sulfide) groups is 1. The molecular weight excluding hydrogens is 343 g/mol. The summed E-state index contributed by atoms with van der Waals surface area (Å²) in [6, 6.07) is 8.86. The summed E-state index contributed by atoms with van der Waals surface area (Å²) in [6.07, 6.45) is -2.67. The molecule has 3 rings (SSSR count). The molecule has 0 aliphatic carbocycles. The molecule has 0 spiro atoms. The van der Waals surface area contributed by atoms with Crippen molar-refractivity contribution in [2.75, 3.05) is 0 Å². The first-order chi connectivity index (χ1) is 11.0. The van der Waals surface area contributed by atoms with Crippen LogP contribution in [0, 0.1) is 0 Å². The third-order valence-electron chi connectivity index (χ3n) is 3.09. The molecule has 1 aromatic carbocycles. The molecular formula is C16H12F3NOS2. The van der Waals surface area contributed by atoms with Gasteiger partial charge in [0.15, 0.2) is 0 Å². The van der Waals surface area contributed by atoms with Crippen molar-refractivity contribution < 1.29 is 17.6 Å². The minimum atomic E-state index is -4.31. The van der Waals surface area contributed by atoms with E-state index in [0.717, 1.165) is 40.1 Å². The minimum Gasteiger partial charge on any atom is -0.468 e. The number of nitrogens with zero attached hydrogens (tertiary/aromatic N) is 1. The summed E-state index contributed by atoms with van der Waals surface area (Å²) >= 11 is 3.11. The van der Waals surface area contributed by atoms with Crippen LogP contribution < -0.4 is 0 Å². The Labute approximate surface area is 139 Å². The highest BCUT2D eigenvalue weighted by atomic mass is 32.2. The molecule has 120 valence electrons. The second-order valence-corrected chi connectivity index (χ2v) is 6.63. The number of benzene rings is 1. The van der Waals surface area contributed by atoms with Gasteiger partial charge in [-0.2, -0.15) is 13.2 Å². The van der Waals surface area contributed by atoms with Crippen molar-refractivity contribution in [2.24, 2.45) is 0 Å². The fourth-order valence-electron chi connectivity index (χ4n) is 1.96. The van der Waals surface area contributed by atoms with Crippen LogP contribution in [0.1, 0.15) is 17.0 Å². The predicted molar refractivity (Wildman–Crippen MR) is 86.3 cm³/mol. The van der Waals surface area contributed by atoms with Gasteiger partial charge in [0.25, 0.3) is 0 Å². The van der Waals surface area contributed by atoms with Gasteiger partial charge in [0.1, 0.15) is 10.8 Å². The van der Waals surface area contributed by atoms with E-state index in [4.69, 9.17) is 4.42 Å². The van der Waals surface area contributed by atoms with Gasteiger partial charge in [0.2, 0.25) is 0 Å². The molecule has 2 aromatic heterocycles. The van der Waals surface area contributed by atoms with Crippen LogP contribution in [0.4, 0.5) is 13.2 Å². The van der Waals surface area contributed by atoms with E-state index >= 15 is 0 Å². The first-order valence-electron chi connectivity index (χ1n) is 6.74. The van der Waals surface area contributed by atoms with Gasteiger partial charge in [0.05, 0.1) is 23.3 Å². The summed E-state index contributed by atoms with van der Waals surface area (Å²) in [6.45, 7) is 0. The molecule has 0 saturated carbocycles. The lowest BCUT2D eigenvalue weighted by Crippen LogP contribution is -2.03. The Kier molecular flexibility index (Phi) is 4.77. The van der Waals surface area contributed by atoms with Crippen LogP contribution in [-0.2, 0) is 17.7 Å². The van der Waals surface area contributed by atoms with E-state index in [1.165, 1.54) is 23.5 Å². The number of alkyl halides is 3. The van der Waals surface area contributed by atoms with Gasteiger partial charge in [-0.15, -0.1) is 23.1 Å². The minimum absolute atomic E-state index is 0.646. The van der Waals surface area contributed by atoms with Crippen molar-refractivity contribution in [2.45, 2.75) is 17.7 Å². The Hall–Kier alpha value is -1.73. The number of rotatable bonds is 5. The molecule has 0 atom stereocenters. The second kappa shape index (κ2) is 6.80. The van der Waals surface area contributed by atoms with Gasteiger partial charge in [0, 0.05) is 16.7 Å². The van der Waals surface area contributed by atoms with Gasteiger partial charge in [-0.05, 0) is 24.3 Å². The number of hydrogen-bond acceptors (Lipinski definition) is 4. The lowest BCUT2D eigenvalue weighted by atomic mass is 10.1. The smallest absolute Gasteiger partial charge is 0.416 e. The summed E-state index contributed by atoms with van der Waals surface area (Å²) in [4.78, 5) is 4.48. The molecule has 0 N–H and O–H groups in total. The van der Waals surface area contributed by atoms with Gasteiger partial charge in [-0.1, -0.05) is 12.1 Å². The monoisotopic (exact) mass is 355 g/mol. The highest BCUT2D eigenvalue weighted by molar-refractivity contribution is 7.97. The number of hydrogen-bond donors (Lipinski definition) is 0. The highest BCUT2D eigenvalue weighted by Crippen LogP contribution is 2.32. The number of aromatic nitrogens is 1. The molecule has 0 bridgehead atoms. The first-order valence-corrected chi connectivity index (χ1v) is 8.78. The topological polar surface area (TPSA) is 26.0 Å². The summed E-state index contributed by atoms with van der Waals surface area (Å²) < 4.78 is 42.9. The Morgan fingerprint density at radius 2 is 1.87 bits per heavy atom. The SMILES string of the molecule is FC(F)(F)c1ccc(-c2nc(CSCc3ccco3)cs2)cc1. The fraction of sp³-hybridized carbons (Fsp3) is 0.188. The van der Waals surface area contributed by atoms with Gasteiger partial charge in [-0.25, -0.2) is 4.98 Å². The molecule has 3 aromatic rings. The number of thiazole rings is 1. The van der Waals surface area contributed by atoms with Crippen molar-refractivity contribution in [1.29, 1.82) is 0 Å². The summed E-state index contributed by atoms with van der Waals surface area (Å²) in [5, 5.41) is 2.66. The van der Waals surface area contributed by atoms with E-state index in [2.05, 4.69) is 4.98 Å². The standard InChI is InChI=1S/C16H12F3NOS2/c17-16(18,19)12-5-3-11(4-6-12)15-20-13(9-23-15)8-22-10-14-2-1-7-21-14/h1-7,9H,8,10H2. The molecule has 0 saturated heterocycles. The molecule has 0 aliphatic heterocycles. The average molecular weight is 355 g/mol. The van der Waals surface area contributed by atoms with Crippen LogP contribution >= 0.6 is 23.1 Å². The van der Waals surface area contributed by atoms with Crippen molar-refractivity contribution in [3.8, 4) is 10.6 Å². The normalized spacial score (nSPS) is 11.8. The van der Waals surface area contributed by atoms with Gasteiger partial charge < -0.3 is 4.42 Å². The number of furan rings is 1. The molecule has 0 amide bonds. The zero-order valence-corrected chi connectivity index (χ0v) is 13.5. The van der Waals surface area contributed by atoms with Gasteiger partial charge in [-0.3, -0.25) is 0 Å².